The lowest BCUT2D eigenvalue weighted by molar-refractivity contribution is -0.128. The number of carbonyl (C=O) groups is 1. The molecule has 0 aromatic rings. The van der Waals surface area contributed by atoms with Crippen molar-refractivity contribution in [1.82, 2.24) is 0 Å². The van der Waals surface area contributed by atoms with Gasteiger partial charge in [-0.3, -0.25) is 4.79 Å². The molecule has 4 rings (SSSR count). The molecule has 0 radical (unpaired) electrons. The van der Waals surface area contributed by atoms with Crippen LogP contribution in [0.4, 0.5) is 0 Å². The van der Waals surface area contributed by atoms with E-state index in [4.69, 9.17) is 5.21 Å². The minimum atomic E-state index is -0.151. The van der Waals surface area contributed by atoms with E-state index in [2.05, 4.69) is 25.1 Å². The standard InChI is InChI=1S/C22H33NO3/c1-21-10-7-15(24)13-14(21)3-4-16-17-5-6-19(20(25)9-12-23-26)22(17,2)11-8-18(16)21/h3,12,15-19,24,26H,4-11,13H2,1-2H3/b23-12+/t15-,16+,17+,18+,19-,21+,22+/m1/s1. The number of fused-ring (bicyclic) bond motifs is 5. The lowest BCUT2D eigenvalue weighted by Crippen LogP contribution is -2.51. The van der Waals surface area contributed by atoms with E-state index in [1.54, 1.807) is 0 Å². The Morgan fingerprint density at radius 3 is 2.81 bits per heavy atom. The molecule has 0 aromatic heterocycles. The zero-order valence-corrected chi connectivity index (χ0v) is 16.2. The second kappa shape index (κ2) is 6.47. The maximum Gasteiger partial charge on any atom is 0.141 e. The number of nitrogens with zero attached hydrogens (tertiary/aromatic N) is 1. The molecule has 3 saturated carbocycles. The number of rotatable bonds is 3. The number of aliphatic hydroxyl groups excluding tert-OH is 1. The maximum atomic E-state index is 12.7. The van der Waals surface area contributed by atoms with Gasteiger partial charge >= 0.3 is 0 Å². The molecule has 0 saturated heterocycles. The van der Waals surface area contributed by atoms with Gasteiger partial charge in [0.2, 0.25) is 0 Å². The summed E-state index contributed by atoms with van der Waals surface area (Å²) in [7, 11) is 0. The fourth-order valence-electron chi connectivity index (χ4n) is 7.44. The second-order valence-corrected chi connectivity index (χ2v) is 9.80. The zero-order chi connectivity index (χ0) is 18.5. The maximum absolute atomic E-state index is 12.7. The predicted octanol–water partition coefficient (Wildman–Crippen LogP) is 4.35. The van der Waals surface area contributed by atoms with Crippen LogP contribution in [0.3, 0.4) is 0 Å². The molecule has 3 fully saturated rings. The molecule has 0 unspecified atom stereocenters. The molecular formula is C22H33NO3. The highest BCUT2D eigenvalue weighted by molar-refractivity contribution is 5.93. The first kappa shape index (κ1) is 18.2. The number of ketones is 1. The van der Waals surface area contributed by atoms with Crippen molar-refractivity contribution >= 4 is 12.0 Å². The third-order valence-corrected chi connectivity index (χ3v) is 8.84. The molecule has 0 bridgehead atoms. The van der Waals surface area contributed by atoms with Crippen molar-refractivity contribution < 1.29 is 15.1 Å². The Morgan fingerprint density at radius 1 is 1.23 bits per heavy atom. The minimum absolute atomic E-state index is 0.109. The van der Waals surface area contributed by atoms with Crippen LogP contribution in [0.2, 0.25) is 0 Å². The van der Waals surface area contributed by atoms with Crippen molar-refractivity contribution in [2.75, 3.05) is 0 Å². The average Bonchev–Trinajstić information content (AvgIpc) is 2.97. The monoisotopic (exact) mass is 359 g/mol. The van der Waals surface area contributed by atoms with Gasteiger partial charge < -0.3 is 10.3 Å². The van der Waals surface area contributed by atoms with E-state index in [1.165, 1.54) is 18.2 Å². The van der Waals surface area contributed by atoms with Crippen LogP contribution in [0, 0.1) is 34.5 Å². The van der Waals surface area contributed by atoms with Gasteiger partial charge in [-0.1, -0.05) is 25.5 Å². The SMILES string of the molecule is C[C@]12CC[C@H]3[C@@H](CC=C4C[C@H](O)CC[C@@]43C)[C@@H]1CC[C@@H]2C(=O)C/C=N/O. The Hall–Kier alpha value is -1.16. The van der Waals surface area contributed by atoms with Gasteiger partial charge in [-0.25, -0.2) is 0 Å². The third-order valence-electron chi connectivity index (χ3n) is 8.84. The molecule has 144 valence electrons. The minimum Gasteiger partial charge on any atom is -0.411 e. The Bertz CT molecular complexity index is 641. The molecule has 4 aliphatic carbocycles. The molecule has 2 N–H and O–H groups in total. The van der Waals surface area contributed by atoms with Crippen LogP contribution in [0.1, 0.15) is 71.6 Å². The topological polar surface area (TPSA) is 69.9 Å². The summed E-state index contributed by atoms with van der Waals surface area (Å²) in [6, 6.07) is 0. The van der Waals surface area contributed by atoms with E-state index >= 15 is 0 Å². The summed E-state index contributed by atoms with van der Waals surface area (Å²) in [6.07, 6.45) is 12.4. The van der Waals surface area contributed by atoms with Crippen LogP contribution in [0.15, 0.2) is 16.8 Å². The highest BCUT2D eigenvalue weighted by Crippen LogP contribution is 2.66. The number of aliphatic hydroxyl groups is 1. The second-order valence-electron chi connectivity index (χ2n) is 9.80. The predicted molar refractivity (Wildman–Crippen MR) is 101 cm³/mol. The molecule has 0 heterocycles. The highest BCUT2D eigenvalue weighted by atomic mass is 16.4. The molecule has 0 amide bonds. The molecule has 7 atom stereocenters. The summed E-state index contributed by atoms with van der Waals surface area (Å²) in [5, 5.41) is 21.8. The van der Waals surface area contributed by atoms with Crippen LogP contribution in [-0.4, -0.2) is 28.4 Å². The van der Waals surface area contributed by atoms with Crippen molar-refractivity contribution in [2.24, 2.45) is 39.7 Å². The van der Waals surface area contributed by atoms with Gasteiger partial charge in [-0.2, -0.15) is 0 Å². The van der Waals surface area contributed by atoms with Crippen molar-refractivity contribution in [1.29, 1.82) is 0 Å². The summed E-state index contributed by atoms with van der Waals surface area (Å²) in [5.41, 5.74) is 1.87. The number of Topliss-reactive ketones (excluding diaryl/α,β-unsaturated/α-hetero) is 1. The Balaban J connectivity index is 1.59. The van der Waals surface area contributed by atoms with Crippen LogP contribution >= 0.6 is 0 Å². The summed E-state index contributed by atoms with van der Waals surface area (Å²) >= 11 is 0. The average molecular weight is 360 g/mol. The summed E-state index contributed by atoms with van der Waals surface area (Å²) in [5.74, 6) is 2.40. The highest BCUT2D eigenvalue weighted by Gasteiger charge is 2.59. The number of allylic oxidation sites excluding steroid dienone is 1. The van der Waals surface area contributed by atoms with E-state index in [1.807, 2.05) is 0 Å². The van der Waals surface area contributed by atoms with E-state index in [9.17, 15) is 9.90 Å². The van der Waals surface area contributed by atoms with Crippen molar-refractivity contribution in [2.45, 2.75) is 77.7 Å². The van der Waals surface area contributed by atoms with Gasteiger partial charge in [0, 0.05) is 12.3 Å². The Labute approximate surface area is 156 Å². The molecule has 0 spiro atoms. The largest absolute Gasteiger partial charge is 0.411 e. The number of oxime groups is 1. The fraction of sp³-hybridized carbons (Fsp3) is 0.818. The molecule has 4 heteroatoms. The van der Waals surface area contributed by atoms with Crippen LogP contribution in [0.5, 0.6) is 0 Å². The first-order valence-electron chi connectivity index (χ1n) is 10.5. The molecule has 26 heavy (non-hydrogen) atoms. The quantitative estimate of drug-likeness (QED) is 0.341. The first-order chi connectivity index (χ1) is 12.4. The van der Waals surface area contributed by atoms with Gasteiger partial charge in [0.15, 0.2) is 0 Å². The van der Waals surface area contributed by atoms with Crippen molar-refractivity contribution in [3.05, 3.63) is 11.6 Å². The van der Waals surface area contributed by atoms with Crippen LogP contribution in [-0.2, 0) is 4.79 Å². The van der Waals surface area contributed by atoms with Gasteiger partial charge in [0.25, 0.3) is 0 Å². The molecular weight excluding hydrogens is 326 g/mol. The molecule has 0 aromatic carbocycles. The lowest BCUT2D eigenvalue weighted by atomic mass is 9.47. The Kier molecular flexibility index (Phi) is 4.53. The lowest BCUT2D eigenvalue weighted by Gasteiger charge is -2.57. The molecule has 4 aliphatic rings. The van der Waals surface area contributed by atoms with E-state index in [0.717, 1.165) is 44.9 Å². The molecule has 4 nitrogen and oxygen atoms in total. The summed E-state index contributed by atoms with van der Waals surface area (Å²) in [4.78, 5) is 12.7. The first-order valence-corrected chi connectivity index (χ1v) is 10.5. The van der Waals surface area contributed by atoms with Gasteiger partial charge in [0.05, 0.1) is 12.3 Å². The number of carbonyl (C=O) groups excluding carboxylic acids is 1. The van der Waals surface area contributed by atoms with Crippen LogP contribution in [0.25, 0.3) is 0 Å². The number of hydrogen-bond acceptors (Lipinski definition) is 4. The van der Waals surface area contributed by atoms with E-state index in [0.29, 0.717) is 17.8 Å². The van der Waals surface area contributed by atoms with Crippen molar-refractivity contribution in [3.63, 3.8) is 0 Å². The summed E-state index contributed by atoms with van der Waals surface area (Å²) in [6.45, 7) is 4.80. The van der Waals surface area contributed by atoms with Gasteiger partial charge in [-0.15, -0.1) is 5.16 Å². The van der Waals surface area contributed by atoms with Crippen molar-refractivity contribution in [3.8, 4) is 0 Å². The Morgan fingerprint density at radius 2 is 2.04 bits per heavy atom. The molecule has 0 aliphatic heterocycles. The van der Waals surface area contributed by atoms with Gasteiger partial charge in [-0.05, 0) is 80.0 Å². The smallest absolute Gasteiger partial charge is 0.141 e. The number of hydrogen-bond donors (Lipinski definition) is 2. The third kappa shape index (κ3) is 2.59. The van der Waals surface area contributed by atoms with Gasteiger partial charge in [0.1, 0.15) is 5.78 Å². The summed E-state index contributed by atoms with van der Waals surface area (Å²) < 4.78 is 0. The van der Waals surface area contributed by atoms with E-state index < -0.39 is 0 Å². The van der Waals surface area contributed by atoms with Crippen LogP contribution < -0.4 is 0 Å². The fourth-order valence-corrected chi connectivity index (χ4v) is 7.44. The zero-order valence-electron chi connectivity index (χ0n) is 16.2. The normalized spacial score (nSPS) is 47.8. The van der Waals surface area contributed by atoms with E-state index in [-0.39, 0.29) is 35.1 Å².